The third-order valence-corrected chi connectivity index (χ3v) is 0.994. The Labute approximate surface area is 44.5 Å². The van der Waals surface area contributed by atoms with Crippen molar-refractivity contribution in [2.24, 2.45) is 0 Å². The third-order valence-electron chi connectivity index (χ3n) is 0.994. The maximum Gasteiger partial charge on any atom is -0.0164 e. The molecule has 0 spiro atoms. The molecule has 1 radical (unpaired) electrons. The van der Waals surface area contributed by atoms with Crippen LogP contribution in [0, 0.1) is 6.42 Å². The van der Waals surface area contributed by atoms with Gasteiger partial charge in [-0.2, -0.15) is 0 Å². The molecule has 0 heterocycles. The Morgan fingerprint density at radius 2 is 1.86 bits per heavy atom. The molecule has 0 nitrogen and oxygen atoms in total. The first-order valence-electron chi connectivity index (χ1n) is 2.65. The zero-order valence-electron chi connectivity index (χ0n) is 4.30. The van der Waals surface area contributed by atoms with Gasteiger partial charge in [-0.3, -0.25) is 0 Å². The Morgan fingerprint density at radius 1 is 0.857 bits per heavy atom. The largest absolute Gasteiger partial charge is 0.0845 e. The lowest BCUT2D eigenvalue weighted by atomic mass is 10.2. The number of hydrogen-bond acceptors (Lipinski definition) is 0. The molecular weight excluding hydrogens is 84.1 g/mol. The molecule has 37 valence electrons. The highest BCUT2D eigenvalue weighted by Crippen LogP contribution is 2.00. The van der Waals surface area contributed by atoms with Crippen LogP contribution in [0.5, 0.6) is 0 Å². The van der Waals surface area contributed by atoms with E-state index in [0.717, 1.165) is 0 Å². The maximum absolute atomic E-state index is 2.18. The molecule has 0 heteroatoms. The van der Waals surface area contributed by atoms with Crippen LogP contribution in [0.2, 0.25) is 0 Å². The first-order valence-corrected chi connectivity index (χ1v) is 2.65. The second-order valence-electron chi connectivity index (χ2n) is 1.63. The molecule has 0 unspecified atom stereocenters. The minimum Gasteiger partial charge on any atom is -0.0845 e. The van der Waals surface area contributed by atoms with Gasteiger partial charge in [0.2, 0.25) is 0 Å². The van der Waals surface area contributed by atoms with E-state index in [0.29, 0.717) is 0 Å². The van der Waals surface area contributed by atoms with Crippen LogP contribution in [0.15, 0.2) is 24.3 Å². The zero-order valence-corrected chi connectivity index (χ0v) is 4.30. The van der Waals surface area contributed by atoms with Crippen molar-refractivity contribution < 1.29 is 0 Å². The van der Waals surface area contributed by atoms with Gasteiger partial charge in [0.25, 0.3) is 0 Å². The van der Waals surface area contributed by atoms with Crippen molar-refractivity contribution in [3.8, 4) is 0 Å². The first kappa shape index (κ1) is 4.63. The van der Waals surface area contributed by atoms with Crippen LogP contribution in [0.3, 0.4) is 0 Å². The predicted octanol–water partition coefficient (Wildman–Crippen LogP) is 2.10. The number of rotatable bonds is 0. The van der Waals surface area contributed by atoms with Gasteiger partial charge >= 0.3 is 0 Å². The van der Waals surface area contributed by atoms with Gasteiger partial charge in [0.15, 0.2) is 0 Å². The van der Waals surface area contributed by atoms with Crippen molar-refractivity contribution >= 4 is 0 Å². The van der Waals surface area contributed by atoms with Gasteiger partial charge in [0.1, 0.15) is 0 Å². The summed E-state index contributed by atoms with van der Waals surface area (Å²) in [5.74, 6) is 0. The Morgan fingerprint density at radius 3 is 2.86 bits per heavy atom. The Bertz CT molecular complexity index is 76.2. The monoisotopic (exact) mass is 93.1 g/mol. The second kappa shape index (κ2) is 2.62. The lowest BCUT2D eigenvalue weighted by molar-refractivity contribution is 1.01. The van der Waals surface area contributed by atoms with E-state index in [1.165, 1.54) is 12.8 Å². The molecule has 0 fully saturated rings. The molecule has 0 amide bonds. The fourth-order valence-corrected chi connectivity index (χ4v) is 0.606. The van der Waals surface area contributed by atoms with Crippen LogP contribution in [0.25, 0.3) is 0 Å². The molecule has 7 heavy (non-hydrogen) atoms. The van der Waals surface area contributed by atoms with Crippen LogP contribution < -0.4 is 0 Å². The first-order chi connectivity index (χ1) is 3.50. The van der Waals surface area contributed by atoms with Gasteiger partial charge in [-0.15, -0.1) is 0 Å². The standard InChI is InChI=1S/C7H9/c1-2-4-6-7-5-3-1/h1-5H,6-7H2. The van der Waals surface area contributed by atoms with Crippen LogP contribution >= 0.6 is 0 Å². The van der Waals surface area contributed by atoms with E-state index in [1.807, 2.05) is 0 Å². The summed E-state index contributed by atoms with van der Waals surface area (Å²) in [5.41, 5.74) is 0. The predicted molar refractivity (Wildman–Crippen MR) is 31.8 cm³/mol. The highest BCUT2D eigenvalue weighted by Gasteiger charge is 1.81. The van der Waals surface area contributed by atoms with Gasteiger partial charge < -0.3 is 0 Å². The van der Waals surface area contributed by atoms with E-state index < -0.39 is 0 Å². The van der Waals surface area contributed by atoms with Gasteiger partial charge in [0, 0.05) is 0 Å². The smallest absolute Gasteiger partial charge is 0.0164 e. The highest BCUT2D eigenvalue weighted by atomic mass is 13.9. The quantitative estimate of drug-likeness (QED) is 0.430. The van der Waals surface area contributed by atoms with Gasteiger partial charge in [0.05, 0.1) is 0 Å². The molecule has 0 aliphatic heterocycles. The maximum atomic E-state index is 2.18. The Hall–Kier alpha value is -0.520. The topological polar surface area (TPSA) is 0 Å². The fraction of sp³-hybridized carbons (Fsp3) is 0.286. The SMILES string of the molecule is [CH]1C=CC=CCC1. The third kappa shape index (κ3) is 1.58. The molecule has 0 aromatic rings. The van der Waals surface area contributed by atoms with E-state index >= 15 is 0 Å². The zero-order chi connectivity index (χ0) is 4.95. The lowest BCUT2D eigenvalue weighted by Crippen LogP contribution is -1.63. The van der Waals surface area contributed by atoms with Crippen molar-refractivity contribution in [2.45, 2.75) is 12.8 Å². The highest BCUT2D eigenvalue weighted by molar-refractivity contribution is 5.10. The fourth-order valence-electron chi connectivity index (χ4n) is 0.606. The number of hydrogen-bond donors (Lipinski definition) is 0. The molecule has 0 aromatic carbocycles. The van der Waals surface area contributed by atoms with E-state index in [4.69, 9.17) is 0 Å². The van der Waals surface area contributed by atoms with Gasteiger partial charge in [-0.05, 0) is 19.3 Å². The van der Waals surface area contributed by atoms with Crippen molar-refractivity contribution in [1.82, 2.24) is 0 Å². The van der Waals surface area contributed by atoms with Crippen molar-refractivity contribution in [2.75, 3.05) is 0 Å². The normalized spacial score (nSPS) is 19.4. The summed E-state index contributed by atoms with van der Waals surface area (Å²) in [6, 6.07) is 0. The van der Waals surface area contributed by atoms with Crippen LogP contribution in [0.1, 0.15) is 12.8 Å². The van der Waals surface area contributed by atoms with Crippen LogP contribution in [0.4, 0.5) is 0 Å². The second-order valence-corrected chi connectivity index (χ2v) is 1.63. The van der Waals surface area contributed by atoms with Crippen molar-refractivity contribution in [3.05, 3.63) is 30.7 Å². The molecule has 1 aliphatic carbocycles. The van der Waals surface area contributed by atoms with E-state index in [-0.39, 0.29) is 0 Å². The molecule has 0 saturated heterocycles. The lowest BCUT2D eigenvalue weighted by Gasteiger charge is -1.81. The van der Waals surface area contributed by atoms with E-state index in [2.05, 4.69) is 30.7 Å². The molecule has 0 bridgehead atoms. The molecular formula is C7H9. The Kier molecular flexibility index (Phi) is 1.73. The van der Waals surface area contributed by atoms with Crippen LogP contribution in [-0.4, -0.2) is 0 Å². The summed E-state index contributed by atoms with van der Waals surface area (Å²) >= 11 is 0. The summed E-state index contributed by atoms with van der Waals surface area (Å²) in [4.78, 5) is 0. The molecule has 0 saturated carbocycles. The molecule has 0 atom stereocenters. The minimum atomic E-state index is 1.20. The van der Waals surface area contributed by atoms with Crippen molar-refractivity contribution in [3.63, 3.8) is 0 Å². The summed E-state index contributed by atoms with van der Waals surface area (Å²) in [5, 5.41) is 0. The summed E-state index contributed by atoms with van der Waals surface area (Å²) < 4.78 is 0. The van der Waals surface area contributed by atoms with Gasteiger partial charge in [-0.1, -0.05) is 24.3 Å². The minimum absolute atomic E-state index is 1.20. The molecule has 1 rings (SSSR count). The average Bonchev–Trinajstić information content (AvgIpc) is 1.90. The summed E-state index contributed by atoms with van der Waals surface area (Å²) in [7, 11) is 0. The van der Waals surface area contributed by atoms with E-state index in [1.54, 1.807) is 0 Å². The van der Waals surface area contributed by atoms with E-state index in [9.17, 15) is 0 Å². The molecule has 0 aromatic heterocycles. The number of allylic oxidation sites excluding steroid dienone is 4. The molecule has 1 aliphatic rings. The van der Waals surface area contributed by atoms with Crippen molar-refractivity contribution in [1.29, 1.82) is 0 Å². The Balaban J connectivity index is 2.39. The summed E-state index contributed by atoms with van der Waals surface area (Å²) in [6.45, 7) is 0. The average molecular weight is 93.1 g/mol. The molecule has 0 N–H and O–H groups in total. The summed E-state index contributed by atoms with van der Waals surface area (Å²) in [6.07, 6.45) is 13.0. The van der Waals surface area contributed by atoms with Gasteiger partial charge in [-0.25, -0.2) is 0 Å². The van der Waals surface area contributed by atoms with Crippen LogP contribution in [-0.2, 0) is 0 Å².